The summed E-state index contributed by atoms with van der Waals surface area (Å²) in [5, 5.41) is 7.59. The maximum absolute atomic E-state index is 13.5. The molecule has 0 spiro atoms. The number of benzene rings is 1. The monoisotopic (exact) mass is 389 g/mol. The van der Waals surface area contributed by atoms with Crippen LogP contribution in [0.3, 0.4) is 0 Å². The van der Waals surface area contributed by atoms with Crippen molar-refractivity contribution in [1.82, 2.24) is 24.5 Å². The van der Waals surface area contributed by atoms with Crippen molar-refractivity contribution in [2.45, 2.75) is 19.9 Å². The first kappa shape index (κ1) is 19.1. The Labute approximate surface area is 157 Å². The highest BCUT2D eigenvalue weighted by molar-refractivity contribution is 5.97. The van der Waals surface area contributed by atoms with E-state index in [9.17, 15) is 18.8 Å². The Kier molecular flexibility index (Phi) is 5.43. The van der Waals surface area contributed by atoms with Gasteiger partial charge in [-0.25, -0.2) is 19.0 Å². The van der Waals surface area contributed by atoms with Crippen LogP contribution in [-0.2, 0) is 19.1 Å². The van der Waals surface area contributed by atoms with Crippen molar-refractivity contribution in [3.8, 4) is 5.69 Å². The van der Waals surface area contributed by atoms with Gasteiger partial charge in [-0.15, -0.1) is 5.10 Å². The van der Waals surface area contributed by atoms with Gasteiger partial charge >= 0.3 is 11.9 Å². The summed E-state index contributed by atoms with van der Waals surface area (Å²) < 4.78 is 25.2. The van der Waals surface area contributed by atoms with Crippen LogP contribution in [0.15, 0.2) is 35.4 Å². The van der Waals surface area contributed by atoms with Crippen molar-refractivity contribution in [2.75, 3.05) is 13.2 Å². The van der Waals surface area contributed by atoms with E-state index in [0.717, 1.165) is 10.9 Å². The summed E-state index contributed by atoms with van der Waals surface area (Å²) in [7, 11) is 0. The Morgan fingerprint density at radius 1 is 1.18 bits per heavy atom. The lowest BCUT2D eigenvalue weighted by atomic mass is 10.3. The number of halogens is 1. The van der Waals surface area contributed by atoms with Crippen molar-refractivity contribution in [1.29, 1.82) is 0 Å². The molecule has 0 aliphatic heterocycles. The van der Waals surface area contributed by atoms with Crippen molar-refractivity contribution in [3.05, 3.63) is 46.8 Å². The number of fused-ring (bicyclic) bond motifs is 1. The summed E-state index contributed by atoms with van der Waals surface area (Å²) in [6.45, 7) is 3.15. The van der Waals surface area contributed by atoms with Gasteiger partial charge in [0.1, 0.15) is 12.1 Å². The van der Waals surface area contributed by atoms with Gasteiger partial charge in [0, 0.05) is 0 Å². The van der Waals surface area contributed by atoms with Crippen LogP contribution in [0.1, 0.15) is 19.9 Å². The fourth-order valence-electron chi connectivity index (χ4n) is 2.55. The third-order valence-corrected chi connectivity index (χ3v) is 3.74. The van der Waals surface area contributed by atoms with Crippen molar-refractivity contribution >= 4 is 23.1 Å². The molecule has 11 heteroatoms. The number of rotatable bonds is 6. The fraction of sp³-hybridized carbons (Fsp3) is 0.294. The molecule has 0 aliphatic rings. The van der Waals surface area contributed by atoms with E-state index >= 15 is 0 Å². The van der Waals surface area contributed by atoms with E-state index in [1.165, 1.54) is 22.9 Å². The average Bonchev–Trinajstić information content (AvgIpc) is 3.09. The molecule has 28 heavy (non-hydrogen) atoms. The van der Waals surface area contributed by atoms with E-state index in [2.05, 4.69) is 15.3 Å². The van der Waals surface area contributed by atoms with Gasteiger partial charge in [-0.1, -0.05) is 11.3 Å². The minimum Gasteiger partial charge on any atom is -0.464 e. The van der Waals surface area contributed by atoms with E-state index in [1.54, 1.807) is 19.9 Å². The van der Waals surface area contributed by atoms with Crippen LogP contribution >= 0.6 is 0 Å². The zero-order valence-corrected chi connectivity index (χ0v) is 15.0. The average molecular weight is 389 g/mol. The molecule has 10 nitrogen and oxygen atoms in total. The Balaban J connectivity index is 2.12. The van der Waals surface area contributed by atoms with Crippen LogP contribution in [0.25, 0.3) is 16.9 Å². The van der Waals surface area contributed by atoms with Crippen molar-refractivity contribution in [2.24, 2.45) is 0 Å². The topological polar surface area (TPSA) is 118 Å². The minimum absolute atomic E-state index is 0.00884. The molecule has 146 valence electrons. The van der Waals surface area contributed by atoms with Crippen LogP contribution in [0, 0.1) is 5.82 Å². The second kappa shape index (κ2) is 7.94. The first-order valence-corrected chi connectivity index (χ1v) is 8.39. The molecule has 0 fully saturated rings. The predicted molar refractivity (Wildman–Crippen MR) is 93.2 cm³/mol. The summed E-state index contributed by atoms with van der Waals surface area (Å²) in [6, 6.07) is 3.82. The lowest BCUT2D eigenvalue weighted by Gasteiger charge is -2.16. The molecule has 0 bridgehead atoms. The van der Waals surface area contributed by atoms with Crippen molar-refractivity contribution < 1.29 is 23.5 Å². The molecule has 0 atom stereocenters. The Hall–Kier alpha value is -3.63. The SMILES string of the molecule is CCOC(=O)C(C(=O)OCC)n1cnc2c(nnn2-c2cccc(F)c2)c1=O. The largest absolute Gasteiger partial charge is 0.464 e. The van der Waals surface area contributed by atoms with Gasteiger partial charge in [-0.05, 0) is 32.0 Å². The standard InChI is InChI=1S/C17H16FN5O5/c1-3-27-16(25)13(17(26)28-4-2)22-9-19-14-12(15(22)24)20-21-23(14)11-7-5-6-10(18)8-11/h5-9,13H,3-4H2,1-2H3. The van der Waals surface area contributed by atoms with Crippen LogP contribution < -0.4 is 5.56 Å². The number of hydrogen-bond acceptors (Lipinski definition) is 8. The van der Waals surface area contributed by atoms with E-state index in [1.807, 2.05) is 0 Å². The molecular formula is C17H16FN5O5. The number of carbonyl (C=O) groups is 2. The van der Waals surface area contributed by atoms with Gasteiger partial charge < -0.3 is 9.47 Å². The predicted octanol–water partition coefficient (Wildman–Crippen LogP) is 0.784. The molecule has 0 amide bonds. The van der Waals surface area contributed by atoms with Crippen LogP contribution in [0.5, 0.6) is 0 Å². The molecule has 3 aromatic rings. The molecule has 2 heterocycles. The highest BCUT2D eigenvalue weighted by Crippen LogP contribution is 2.15. The van der Waals surface area contributed by atoms with Crippen LogP contribution in [-0.4, -0.2) is 49.7 Å². The molecule has 3 rings (SSSR count). The molecule has 0 N–H and O–H groups in total. The highest BCUT2D eigenvalue weighted by Gasteiger charge is 2.33. The third kappa shape index (κ3) is 3.46. The van der Waals surface area contributed by atoms with Crippen molar-refractivity contribution in [3.63, 3.8) is 0 Å². The van der Waals surface area contributed by atoms with E-state index in [4.69, 9.17) is 9.47 Å². The molecule has 0 radical (unpaired) electrons. The summed E-state index contributed by atoms with van der Waals surface area (Å²) >= 11 is 0. The Bertz CT molecular complexity index is 1070. The maximum Gasteiger partial charge on any atom is 0.341 e. The number of nitrogens with zero attached hydrogens (tertiary/aromatic N) is 5. The van der Waals surface area contributed by atoms with E-state index in [0.29, 0.717) is 5.69 Å². The van der Waals surface area contributed by atoms with Crippen LogP contribution in [0.4, 0.5) is 4.39 Å². The quantitative estimate of drug-likeness (QED) is 0.448. The van der Waals surface area contributed by atoms with Crippen LogP contribution in [0.2, 0.25) is 0 Å². The lowest BCUT2D eigenvalue weighted by molar-refractivity contribution is -0.160. The number of carbonyl (C=O) groups excluding carboxylic acids is 2. The van der Waals surface area contributed by atoms with Gasteiger partial charge in [0.15, 0.2) is 11.2 Å². The molecule has 1 aromatic carbocycles. The van der Waals surface area contributed by atoms with Gasteiger partial charge in [0.05, 0.1) is 18.9 Å². The van der Waals surface area contributed by atoms with Gasteiger partial charge in [0.2, 0.25) is 6.04 Å². The summed E-state index contributed by atoms with van der Waals surface area (Å²) in [4.78, 5) is 41.3. The molecule has 0 saturated carbocycles. The normalized spacial score (nSPS) is 11.0. The molecule has 0 saturated heterocycles. The molecule has 2 aromatic heterocycles. The first-order valence-electron chi connectivity index (χ1n) is 8.39. The first-order chi connectivity index (χ1) is 13.5. The van der Waals surface area contributed by atoms with E-state index < -0.39 is 29.4 Å². The third-order valence-electron chi connectivity index (χ3n) is 3.74. The van der Waals surface area contributed by atoms with Gasteiger partial charge in [-0.2, -0.15) is 4.68 Å². The van der Waals surface area contributed by atoms with Gasteiger partial charge in [-0.3, -0.25) is 9.36 Å². The number of aromatic nitrogens is 5. The summed E-state index contributed by atoms with van der Waals surface area (Å²) in [5.74, 6) is -2.41. The summed E-state index contributed by atoms with van der Waals surface area (Å²) in [6.07, 6.45) is 1.00. The second-order valence-electron chi connectivity index (χ2n) is 5.52. The minimum atomic E-state index is -1.66. The fourth-order valence-corrected chi connectivity index (χ4v) is 2.55. The molecule has 0 aliphatic carbocycles. The number of ether oxygens (including phenoxy) is 2. The smallest absolute Gasteiger partial charge is 0.341 e. The molecule has 0 unspecified atom stereocenters. The second-order valence-corrected chi connectivity index (χ2v) is 5.52. The lowest BCUT2D eigenvalue weighted by Crippen LogP contribution is -2.37. The highest BCUT2D eigenvalue weighted by atomic mass is 19.1. The Morgan fingerprint density at radius 2 is 1.86 bits per heavy atom. The number of hydrogen-bond donors (Lipinski definition) is 0. The Morgan fingerprint density at radius 3 is 2.46 bits per heavy atom. The maximum atomic E-state index is 13.5. The zero-order valence-electron chi connectivity index (χ0n) is 15.0. The summed E-state index contributed by atoms with van der Waals surface area (Å²) in [5.41, 5.74) is -0.651. The number of esters is 2. The van der Waals surface area contributed by atoms with E-state index in [-0.39, 0.29) is 24.4 Å². The zero-order chi connectivity index (χ0) is 20.3. The molecular weight excluding hydrogens is 373 g/mol. The van der Waals surface area contributed by atoms with Gasteiger partial charge in [0.25, 0.3) is 5.56 Å².